The van der Waals surface area contributed by atoms with E-state index in [0.717, 1.165) is 13.0 Å². The number of hydrogen-bond donors (Lipinski definition) is 2. The minimum Gasteiger partial charge on any atom is -0.439 e. The molecular weight excluding hydrogens is 290 g/mol. The van der Waals surface area contributed by atoms with Crippen molar-refractivity contribution in [2.24, 2.45) is 5.73 Å². The topological polar surface area (TPSA) is 77.2 Å². The van der Waals surface area contributed by atoms with Gasteiger partial charge in [0.15, 0.2) is 0 Å². The largest absolute Gasteiger partial charge is 0.439 e. The van der Waals surface area contributed by atoms with Gasteiger partial charge in [-0.25, -0.2) is 4.98 Å². The van der Waals surface area contributed by atoms with Crippen molar-refractivity contribution >= 4 is 5.91 Å². The van der Waals surface area contributed by atoms with Gasteiger partial charge >= 0.3 is 0 Å². The van der Waals surface area contributed by atoms with Gasteiger partial charge in [0.2, 0.25) is 11.8 Å². The van der Waals surface area contributed by atoms with Gasteiger partial charge in [0, 0.05) is 24.8 Å². The maximum atomic E-state index is 11.0. The zero-order chi connectivity index (χ0) is 16.7. The average Bonchev–Trinajstić information content (AvgIpc) is 2.55. The van der Waals surface area contributed by atoms with Crippen LogP contribution in [0.1, 0.15) is 22.8 Å². The maximum Gasteiger partial charge on any atom is 0.250 e. The van der Waals surface area contributed by atoms with Crippen molar-refractivity contribution < 1.29 is 9.53 Å². The van der Waals surface area contributed by atoms with Gasteiger partial charge in [-0.2, -0.15) is 0 Å². The van der Waals surface area contributed by atoms with E-state index in [2.05, 4.69) is 23.8 Å². The molecular formula is C18H21N3O2. The van der Waals surface area contributed by atoms with Gasteiger partial charge in [-0.05, 0) is 37.1 Å². The smallest absolute Gasteiger partial charge is 0.250 e. The number of aromatic nitrogens is 1. The highest BCUT2D eigenvalue weighted by Gasteiger charge is 2.05. The van der Waals surface area contributed by atoms with Crippen molar-refractivity contribution in [3.05, 3.63) is 66.4 Å². The van der Waals surface area contributed by atoms with E-state index in [1.807, 2.05) is 30.3 Å². The Labute approximate surface area is 136 Å². The van der Waals surface area contributed by atoms with E-state index in [1.54, 1.807) is 12.1 Å². The van der Waals surface area contributed by atoms with Gasteiger partial charge in [0.05, 0.1) is 5.56 Å². The first-order chi connectivity index (χ1) is 11.1. The normalized spacial score (nSPS) is 11.7. The molecule has 2 rings (SSSR count). The van der Waals surface area contributed by atoms with E-state index in [0.29, 0.717) is 23.2 Å². The van der Waals surface area contributed by atoms with Crippen LogP contribution in [0.2, 0.25) is 0 Å². The van der Waals surface area contributed by atoms with Crippen molar-refractivity contribution in [1.29, 1.82) is 0 Å². The van der Waals surface area contributed by atoms with Gasteiger partial charge in [0.1, 0.15) is 5.75 Å². The van der Waals surface area contributed by atoms with Crippen LogP contribution in [-0.2, 0) is 6.42 Å². The molecule has 3 N–H and O–H groups in total. The Morgan fingerprint density at radius 2 is 2.09 bits per heavy atom. The molecule has 0 aliphatic carbocycles. The van der Waals surface area contributed by atoms with E-state index < -0.39 is 5.91 Å². The molecule has 23 heavy (non-hydrogen) atoms. The van der Waals surface area contributed by atoms with Crippen LogP contribution in [-0.4, -0.2) is 23.5 Å². The number of ether oxygens (including phenoxy) is 1. The molecule has 0 saturated heterocycles. The Hall–Kier alpha value is -2.66. The number of amides is 1. The van der Waals surface area contributed by atoms with Crippen LogP contribution in [0, 0.1) is 0 Å². The molecule has 1 aromatic heterocycles. The zero-order valence-electron chi connectivity index (χ0n) is 13.2. The SMILES string of the molecule is C=CCNC(C)Cc1ccc(Oc2ccc(C(N)=O)cn2)cc1. The molecule has 5 heteroatoms. The fraction of sp³-hybridized carbons (Fsp3) is 0.222. The predicted molar refractivity (Wildman–Crippen MR) is 90.6 cm³/mol. The van der Waals surface area contributed by atoms with Gasteiger partial charge in [-0.15, -0.1) is 6.58 Å². The molecule has 1 atom stereocenters. The predicted octanol–water partition coefficient (Wildman–Crippen LogP) is 2.68. The lowest BCUT2D eigenvalue weighted by molar-refractivity contribution is 0.1000. The molecule has 1 amide bonds. The number of carbonyl (C=O) groups is 1. The molecule has 0 aliphatic heterocycles. The summed E-state index contributed by atoms with van der Waals surface area (Å²) in [6.07, 6.45) is 4.18. The molecule has 2 aromatic rings. The fourth-order valence-corrected chi connectivity index (χ4v) is 2.11. The fourth-order valence-electron chi connectivity index (χ4n) is 2.11. The molecule has 120 valence electrons. The Bertz CT molecular complexity index is 651. The van der Waals surface area contributed by atoms with Crippen LogP contribution in [0.5, 0.6) is 11.6 Å². The van der Waals surface area contributed by atoms with E-state index in [4.69, 9.17) is 10.5 Å². The van der Waals surface area contributed by atoms with Crippen LogP contribution in [0.15, 0.2) is 55.3 Å². The Kier molecular flexibility index (Phi) is 5.88. The number of nitrogens with one attached hydrogen (secondary N) is 1. The molecule has 0 radical (unpaired) electrons. The van der Waals surface area contributed by atoms with Gasteiger partial charge in [0.25, 0.3) is 0 Å². The second kappa shape index (κ2) is 8.10. The van der Waals surface area contributed by atoms with Crippen LogP contribution in [0.25, 0.3) is 0 Å². The average molecular weight is 311 g/mol. The molecule has 0 bridgehead atoms. The standard InChI is InChI=1S/C18H21N3O2/c1-3-10-20-13(2)11-14-4-7-16(8-5-14)23-17-9-6-15(12-21-17)18(19)22/h3-9,12-13,20H,1,10-11H2,2H3,(H2,19,22). The number of benzene rings is 1. The third kappa shape index (κ3) is 5.23. The summed E-state index contributed by atoms with van der Waals surface area (Å²) in [5.74, 6) is 0.608. The second-order valence-corrected chi connectivity index (χ2v) is 5.30. The van der Waals surface area contributed by atoms with Gasteiger partial charge in [-0.1, -0.05) is 18.2 Å². The lowest BCUT2D eigenvalue weighted by Crippen LogP contribution is -2.27. The quantitative estimate of drug-likeness (QED) is 0.735. The first-order valence-electron chi connectivity index (χ1n) is 7.45. The van der Waals surface area contributed by atoms with E-state index >= 15 is 0 Å². The third-order valence-corrected chi connectivity index (χ3v) is 3.32. The highest BCUT2D eigenvalue weighted by molar-refractivity contribution is 5.92. The van der Waals surface area contributed by atoms with Gasteiger partial charge in [-0.3, -0.25) is 4.79 Å². The maximum absolute atomic E-state index is 11.0. The first kappa shape index (κ1) is 16.7. The minimum absolute atomic E-state index is 0.355. The van der Waals surface area contributed by atoms with Crippen LogP contribution < -0.4 is 15.8 Å². The van der Waals surface area contributed by atoms with Crippen LogP contribution >= 0.6 is 0 Å². The lowest BCUT2D eigenvalue weighted by Gasteiger charge is -2.12. The summed E-state index contributed by atoms with van der Waals surface area (Å²) in [6, 6.07) is 11.4. The monoisotopic (exact) mass is 311 g/mol. The highest BCUT2D eigenvalue weighted by atomic mass is 16.5. The summed E-state index contributed by atoms with van der Waals surface area (Å²) in [4.78, 5) is 15.1. The molecule has 0 saturated carbocycles. The molecule has 5 nitrogen and oxygen atoms in total. The first-order valence-corrected chi connectivity index (χ1v) is 7.45. The van der Waals surface area contributed by atoms with E-state index in [9.17, 15) is 4.79 Å². The number of nitrogens with two attached hydrogens (primary N) is 1. The van der Waals surface area contributed by atoms with E-state index in [1.165, 1.54) is 11.8 Å². The number of rotatable bonds is 8. The molecule has 0 spiro atoms. The summed E-state index contributed by atoms with van der Waals surface area (Å²) in [7, 11) is 0. The summed E-state index contributed by atoms with van der Waals surface area (Å²) in [5, 5.41) is 3.35. The third-order valence-electron chi connectivity index (χ3n) is 3.32. The summed E-state index contributed by atoms with van der Waals surface area (Å²) < 4.78 is 5.65. The van der Waals surface area contributed by atoms with Crippen molar-refractivity contribution in [3.8, 4) is 11.6 Å². The van der Waals surface area contributed by atoms with Crippen molar-refractivity contribution in [2.45, 2.75) is 19.4 Å². The summed E-state index contributed by atoms with van der Waals surface area (Å²) >= 11 is 0. The lowest BCUT2D eigenvalue weighted by atomic mass is 10.1. The number of pyridine rings is 1. The zero-order valence-corrected chi connectivity index (χ0v) is 13.2. The van der Waals surface area contributed by atoms with Crippen molar-refractivity contribution in [3.63, 3.8) is 0 Å². The molecule has 1 aromatic carbocycles. The summed E-state index contributed by atoms with van der Waals surface area (Å²) in [6.45, 7) is 6.63. The molecule has 1 heterocycles. The minimum atomic E-state index is -0.507. The van der Waals surface area contributed by atoms with Crippen molar-refractivity contribution in [2.75, 3.05) is 6.54 Å². The molecule has 0 aliphatic rings. The second-order valence-electron chi connectivity index (χ2n) is 5.30. The molecule has 0 fully saturated rings. The Morgan fingerprint density at radius 3 is 2.65 bits per heavy atom. The highest BCUT2D eigenvalue weighted by Crippen LogP contribution is 2.20. The van der Waals surface area contributed by atoms with Crippen LogP contribution in [0.4, 0.5) is 0 Å². The van der Waals surface area contributed by atoms with E-state index in [-0.39, 0.29) is 0 Å². The van der Waals surface area contributed by atoms with Crippen LogP contribution in [0.3, 0.4) is 0 Å². The Balaban J connectivity index is 1.94. The number of hydrogen-bond acceptors (Lipinski definition) is 4. The number of carbonyl (C=O) groups excluding carboxylic acids is 1. The summed E-state index contributed by atoms with van der Waals surface area (Å²) in [5.41, 5.74) is 6.75. The van der Waals surface area contributed by atoms with Crippen molar-refractivity contribution in [1.82, 2.24) is 10.3 Å². The van der Waals surface area contributed by atoms with Gasteiger partial charge < -0.3 is 15.8 Å². The Morgan fingerprint density at radius 1 is 1.35 bits per heavy atom. The molecule has 1 unspecified atom stereocenters. The number of primary amides is 1. The number of nitrogens with zero attached hydrogens (tertiary/aromatic N) is 1.